The molecule has 1 aromatic heterocycles. The summed E-state index contributed by atoms with van der Waals surface area (Å²) in [7, 11) is 0. The second-order valence-electron chi connectivity index (χ2n) is 6.17. The molecule has 0 saturated heterocycles. The zero-order chi connectivity index (χ0) is 15.2. The lowest BCUT2D eigenvalue weighted by Gasteiger charge is -2.29. The van der Waals surface area contributed by atoms with E-state index in [0.29, 0.717) is 17.7 Å². The van der Waals surface area contributed by atoms with Crippen LogP contribution in [0.2, 0.25) is 0 Å². The van der Waals surface area contributed by atoms with E-state index in [2.05, 4.69) is 5.10 Å². The van der Waals surface area contributed by atoms with Crippen molar-refractivity contribution in [2.75, 3.05) is 0 Å². The van der Waals surface area contributed by atoms with Gasteiger partial charge in [-0.05, 0) is 27.2 Å². The van der Waals surface area contributed by atoms with Crippen LogP contribution in [0.15, 0.2) is 0 Å². The van der Waals surface area contributed by atoms with Gasteiger partial charge in [0, 0.05) is 0 Å². The smallest absolute Gasteiger partial charge is 0.228 e. The minimum Gasteiger partial charge on any atom is -0.493 e. The van der Waals surface area contributed by atoms with Crippen LogP contribution in [0.5, 0.6) is 5.88 Å². The Kier molecular flexibility index (Phi) is 3.46. The van der Waals surface area contributed by atoms with Crippen molar-refractivity contribution in [3.8, 4) is 5.88 Å². The van der Waals surface area contributed by atoms with Crippen molar-refractivity contribution >= 4 is 11.6 Å². The standard InChI is InChI=1S/C14H20N2O4/c1-5-6-7-8(9-10(17)12(19)11(9)18)13(20)16(15-7)14(2,3)4/h9-10,17,20H,5-6H2,1-4H3. The van der Waals surface area contributed by atoms with Gasteiger partial charge < -0.3 is 10.2 Å². The summed E-state index contributed by atoms with van der Waals surface area (Å²) in [4.78, 5) is 22.9. The number of Topliss-reactive ketones (excluding diaryl/α,β-unsaturated/α-hetero) is 2. The van der Waals surface area contributed by atoms with Gasteiger partial charge in [-0.25, -0.2) is 4.68 Å². The first-order chi connectivity index (χ1) is 9.20. The number of carbonyl (C=O) groups is 2. The average Bonchev–Trinajstić information content (AvgIpc) is 2.68. The van der Waals surface area contributed by atoms with Crippen LogP contribution in [0.25, 0.3) is 0 Å². The van der Waals surface area contributed by atoms with Crippen molar-refractivity contribution in [2.45, 2.75) is 58.1 Å². The molecule has 0 spiro atoms. The Balaban J connectivity index is 2.54. The molecule has 1 aromatic rings. The Morgan fingerprint density at radius 3 is 2.30 bits per heavy atom. The van der Waals surface area contributed by atoms with Gasteiger partial charge in [-0.15, -0.1) is 0 Å². The SMILES string of the molecule is CCCc1nn(C(C)(C)C)c(O)c1C1C(=O)C(=O)C1O. The first kappa shape index (κ1) is 14.7. The number of aliphatic hydroxyl groups is 1. The van der Waals surface area contributed by atoms with Gasteiger partial charge in [0.25, 0.3) is 0 Å². The minimum absolute atomic E-state index is 0.133. The van der Waals surface area contributed by atoms with Crippen LogP contribution in [0.1, 0.15) is 51.3 Å². The Morgan fingerprint density at radius 2 is 1.85 bits per heavy atom. The fraction of sp³-hybridized carbons (Fsp3) is 0.643. The molecule has 2 N–H and O–H groups in total. The summed E-state index contributed by atoms with van der Waals surface area (Å²) >= 11 is 0. The predicted molar refractivity (Wildman–Crippen MR) is 71.6 cm³/mol. The Morgan fingerprint density at radius 1 is 1.25 bits per heavy atom. The van der Waals surface area contributed by atoms with E-state index in [9.17, 15) is 19.8 Å². The zero-order valence-electron chi connectivity index (χ0n) is 12.2. The molecule has 1 aliphatic carbocycles. The van der Waals surface area contributed by atoms with Crippen molar-refractivity contribution in [3.63, 3.8) is 0 Å². The lowest BCUT2D eigenvalue weighted by Crippen LogP contribution is -2.51. The first-order valence-electron chi connectivity index (χ1n) is 6.77. The van der Waals surface area contributed by atoms with E-state index in [4.69, 9.17) is 0 Å². The molecule has 6 heteroatoms. The van der Waals surface area contributed by atoms with Crippen LogP contribution in [0, 0.1) is 0 Å². The third-order valence-electron chi connectivity index (χ3n) is 3.52. The summed E-state index contributed by atoms with van der Waals surface area (Å²) in [5.74, 6) is -2.55. The number of hydrogen-bond donors (Lipinski definition) is 2. The number of aliphatic hydroxyl groups excluding tert-OH is 1. The number of rotatable bonds is 3. The highest BCUT2D eigenvalue weighted by atomic mass is 16.3. The maximum absolute atomic E-state index is 11.7. The highest BCUT2D eigenvalue weighted by Crippen LogP contribution is 2.40. The minimum atomic E-state index is -1.36. The molecular weight excluding hydrogens is 260 g/mol. The van der Waals surface area contributed by atoms with Gasteiger partial charge in [0.2, 0.25) is 17.4 Å². The predicted octanol–water partition coefficient (Wildman–Crippen LogP) is 0.892. The molecule has 2 atom stereocenters. The molecule has 1 fully saturated rings. The molecule has 0 amide bonds. The number of aryl methyl sites for hydroxylation is 1. The van der Waals surface area contributed by atoms with Crippen molar-refractivity contribution in [1.29, 1.82) is 0 Å². The number of carbonyl (C=O) groups excluding carboxylic acids is 2. The molecule has 110 valence electrons. The van der Waals surface area contributed by atoms with Gasteiger partial charge in [0.15, 0.2) is 0 Å². The van der Waals surface area contributed by atoms with Crippen molar-refractivity contribution < 1.29 is 19.8 Å². The second kappa shape index (κ2) is 4.70. The van der Waals surface area contributed by atoms with Crippen LogP contribution < -0.4 is 0 Å². The molecule has 1 saturated carbocycles. The van der Waals surface area contributed by atoms with E-state index in [1.807, 2.05) is 27.7 Å². The fourth-order valence-corrected chi connectivity index (χ4v) is 2.46. The molecule has 2 rings (SSSR count). The Labute approximate surface area is 117 Å². The Hall–Kier alpha value is -1.69. The molecule has 1 heterocycles. The van der Waals surface area contributed by atoms with Gasteiger partial charge in [-0.1, -0.05) is 13.3 Å². The summed E-state index contributed by atoms with van der Waals surface area (Å²) in [6.45, 7) is 7.59. The van der Waals surface area contributed by atoms with Crippen LogP contribution in [0.4, 0.5) is 0 Å². The largest absolute Gasteiger partial charge is 0.493 e. The third kappa shape index (κ3) is 2.04. The average molecular weight is 280 g/mol. The van der Waals surface area contributed by atoms with Crippen LogP contribution in [0.3, 0.4) is 0 Å². The number of aromatic nitrogens is 2. The highest BCUT2D eigenvalue weighted by molar-refractivity contribution is 6.48. The number of ketones is 2. The quantitative estimate of drug-likeness (QED) is 0.802. The summed E-state index contributed by atoms with van der Waals surface area (Å²) in [6, 6.07) is 0. The van der Waals surface area contributed by atoms with Crippen molar-refractivity contribution in [1.82, 2.24) is 9.78 Å². The van der Waals surface area contributed by atoms with Crippen LogP contribution >= 0.6 is 0 Å². The highest BCUT2D eigenvalue weighted by Gasteiger charge is 2.52. The summed E-state index contributed by atoms with van der Waals surface area (Å²) < 4.78 is 1.44. The number of nitrogens with zero attached hydrogens (tertiary/aromatic N) is 2. The molecule has 0 radical (unpaired) electrons. The van der Waals surface area contributed by atoms with E-state index in [1.54, 1.807) is 0 Å². The lowest BCUT2D eigenvalue weighted by molar-refractivity contribution is -0.154. The fourth-order valence-electron chi connectivity index (χ4n) is 2.46. The Bertz CT molecular complexity index is 568. The molecular formula is C14H20N2O4. The third-order valence-corrected chi connectivity index (χ3v) is 3.52. The van der Waals surface area contributed by atoms with Crippen LogP contribution in [-0.2, 0) is 21.5 Å². The van der Waals surface area contributed by atoms with Crippen molar-refractivity contribution in [2.24, 2.45) is 0 Å². The lowest BCUT2D eigenvalue weighted by atomic mass is 9.74. The molecule has 20 heavy (non-hydrogen) atoms. The van der Waals surface area contributed by atoms with Crippen molar-refractivity contribution in [3.05, 3.63) is 11.3 Å². The van der Waals surface area contributed by atoms with Gasteiger partial charge in [-0.3, -0.25) is 9.59 Å². The van der Waals surface area contributed by atoms with E-state index in [0.717, 1.165) is 6.42 Å². The molecule has 1 aliphatic rings. The molecule has 0 bridgehead atoms. The monoisotopic (exact) mass is 280 g/mol. The summed E-state index contributed by atoms with van der Waals surface area (Å²) in [5.41, 5.74) is 0.427. The maximum Gasteiger partial charge on any atom is 0.228 e. The van der Waals surface area contributed by atoms with Gasteiger partial charge in [0.1, 0.15) is 6.10 Å². The molecule has 0 aromatic carbocycles. The molecule has 0 aliphatic heterocycles. The van der Waals surface area contributed by atoms with E-state index in [1.165, 1.54) is 4.68 Å². The molecule has 2 unspecified atom stereocenters. The zero-order valence-corrected chi connectivity index (χ0v) is 12.2. The van der Waals surface area contributed by atoms with Crippen LogP contribution in [-0.4, -0.2) is 37.7 Å². The first-order valence-corrected chi connectivity index (χ1v) is 6.77. The topological polar surface area (TPSA) is 92.4 Å². The van der Waals surface area contributed by atoms with E-state index >= 15 is 0 Å². The summed E-state index contributed by atoms with van der Waals surface area (Å²) in [6.07, 6.45) is 0.0106. The number of aromatic hydroxyl groups is 1. The summed E-state index contributed by atoms with van der Waals surface area (Å²) in [5, 5.41) is 24.4. The maximum atomic E-state index is 11.7. The van der Waals surface area contributed by atoms with Gasteiger partial charge in [0.05, 0.1) is 22.7 Å². The second-order valence-corrected chi connectivity index (χ2v) is 6.17. The van der Waals surface area contributed by atoms with E-state index < -0.39 is 29.1 Å². The normalized spacial score (nSPS) is 23.1. The molecule has 6 nitrogen and oxygen atoms in total. The van der Waals surface area contributed by atoms with E-state index in [-0.39, 0.29) is 5.88 Å². The number of hydrogen-bond acceptors (Lipinski definition) is 5. The van der Waals surface area contributed by atoms with Gasteiger partial charge >= 0.3 is 0 Å². The van der Waals surface area contributed by atoms with Gasteiger partial charge in [-0.2, -0.15) is 5.10 Å².